The standard InChI is InChI=1S/C16H25N5O3/c1-5-16(2,21-6-8-24-9-7-21)11-18-13-12(10-17)14(22)20(4)15(23)19(13)3/h18H,5-9,11H2,1-4H3. The highest BCUT2D eigenvalue weighted by molar-refractivity contribution is 5.51. The third-order valence-electron chi connectivity index (χ3n) is 4.95. The maximum absolute atomic E-state index is 12.1. The highest BCUT2D eigenvalue weighted by Gasteiger charge is 2.31. The summed E-state index contributed by atoms with van der Waals surface area (Å²) >= 11 is 0. The molecule has 1 atom stereocenters. The molecule has 8 nitrogen and oxygen atoms in total. The Bertz CT molecular complexity index is 755. The van der Waals surface area contributed by atoms with E-state index in [1.807, 2.05) is 6.07 Å². The molecule has 8 heteroatoms. The lowest BCUT2D eigenvalue weighted by molar-refractivity contribution is -0.0132. The highest BCUT2D eigenvalue weighted by Crippen LogP contribution is 2.22. The van der Waals surface area contributed by atoms with Crippen LogP contribution in [0.2, 0.25) is 0 Å². The Morgan fingerprint density at radius 3 is 2.42 bits per heavy atom. The molecule has 1 fully saturated rings. The van der Waals surface area contributed by atoms with Gasteiger partial charge in [-0.2, -0.15) is 5.26 Å². The van der Waals surface area contributed by atoms with Crippen molar-refractivity contribution in [2.24, 2.45) is 14.1 Å². The van der Waals surface area contributed by atoms with Crippen molar-refractivity contribution in [1.82, 2.24) is 14.0 Å². The molecule has 0 aliphatic carbocycles. The minimum absolute atomic E-state index is 0.0416. The van der Waals surface area contributed by atoms with E-state index in [-0.39, 0.29) is 16.9 Å². The molecule has 0 aromatic carbocycles. The Morgan fingerprint density at radius 2 is 1.88 bits per heavy atom. The van der Waals surface area contributed by atoms with Gasteiger partial charge in [-0.1, -0.05) is 6.92 Å². The van der Waals surface area contributed by atoms with Gasteiger partial charge in [0.1, 0.15) is 11.9 Å². The second kappa shape index (κ2) is 7.20. The molecule has 0 spiro atoms. The van der Waals surface area contributed by atoms with Gasteiger partial charge in [-0.15, -0.1) is 0 Å². The zero-order chi connectivity index (χ0) is 17.9. The van der Waals surface area contributed by atoms with Crippen LogP contribution in [-0.2, 0) is 18.8 Å². The predicted octanol–water partition coefficient (Wildman–Crippen LogP) is -0.132. The van der Waals surface area contributed by atoms with E-state index in [0.717, 1.165) is 24.1 Å². The normalized spacial score (nSPS) is 18.0. The molecule has 1 aromatic heterocycles. The lowest BCUT2D eigenvalue weighted by Gasteiger charge is -2.43. The molecule has 1 aromatic rings. The Hall–Kier alpha value is -2.11. The second-order valence-electron chi connectivity index (χ2n) is 6.34. The molecule has 1 saturated heterocycles. The molecule has 0 bridgehead atoms. The van der Waals surface area contributed by atoms with Crippen LogP contribution in [0.3, 0.4) is 0 Å². The van der Waals surface area contributed by atoms with Crippen LogP contribution < -0.4 is 16.6 Å². The smallest absolute Gasteiger partial charge is 0.332 e. The summed E-state index contributed by atoms with van der Waals surface area (Å²) in [7, 11) is 2.93. The minimum atomic E-state index is -0.576. The van der Waals surface area contributed by atoms with E-state index in [2.05, 4.69) is 24.1 Å². The third kappa shape index (κ3) is 3.23. The number of nitriles is 1. The van der Waals surface area contributed by atoms with Crippen molar-refractivity contribution in [3.05, 3.63) is 26.4 Å². The topological polar surface area (TPSA) is 92.3 Å². The number of nitrogens with one attached hydrogen (secondary N) is 1. The van der Waals surface area contributed by atoms with E-state index >= 15 is 0 Å². The maximum Gasteiger partial charge on any atom is 0.332 e. The number of hydrogen-bond donors (Lipinski definition) is 1. The molecule has 2 heterocycles. The van der Waals surface area contributed by atoms with Crippen molar-refractivity contribution in [2.45, 2.75) is 25.8 Å². The summed E-state index contributed by atoms with van der Waals surface area (Å²) in [5, 5.41) is 12.5. The monoisotopic (exact) mass is 335 g/mol. The number of ether oxygens (including phenoxy) is 1. The van der Waals surface area contributed by atoms with Gasteiger partial charge in [0.15, 0.2) is 5.56 Å². The fourth-order valence-electron chi connectivity index (χ4n) is 2.99. The van der Waals surface area contributed by atoms with Crippen molar-refractivity contribution in [3.8, 4) is 6.07 Å². The zero-order valence-electron chi connectivity index (χ0n) is 14.8. The number of morpholine rings is 1. The summed E-state index contributed by atoms with van der Waals surface area (Å²) in [6, 6.07) is 1.92. The lowest BCUT2D eigenvalue weighted by Crippen LogP contribution is -2.55. The Labute approximate surface area is 141 Å². The van der Waals surface area contributed by atoms with Gasteiger partial charge < -0.3 is 10.1 Å². The van der Waals surface area contributed by atoms with Gasteiger partial charge in [0, 0.05) is 39.3 Å². The van der Waals surface area contributed by atoms with Crippen LogP contribution in [0.15, 0.2) is 9.59 Å². The molecule has 0 saturated carbocycles. The van der Waals surface area contributed by atoms with Gasteiger partial charge in [0.2, 0.25) is 0 Å². The Morgan fingerprint density at radius 1 is 1.25 bits per heavy atom. The lowest BCUT2D eigenvalue weighted by atomic mass is 9.95. The zero-order valence-corrected chi connectivity index (χ0v) is 14.8. The molecular weight excluding hydrogens is 310 g/mol. The summed E-state index contributed by atoms with van der Waals surface area (Å²) in [6.45, 7) is 7.84. The van der Waals surface area contributed by atoms with E-state index in [1.165, 1.54) is 11.6 Å². The predicted molar refractivity (Wildman–Crippen MR) is 91.2 cm³/mol. The van der Waals surface area contributed by atoms with Gasteiger partial charge in [-0.25, -0.2) is 4.79 Å². The van der Waals surface area contributed by atoms with Crippen LogP contribution in [0, 0.1) is 11.3 Å². The van der Waals surface area contributed by atoms with Crippen LogP contribution in [0.1, 0.15) is 25.8 Å². The molecule has 1 aliphatic rings. The fourth-order valence-corrected chi connectivity index (χ4v) is 2.99. The van der Waals surface area contributed by atoms with Crippen molar-refractivity contribution >= 4 is 5.82 Å². The number of rotatable bonds is 5. The van der Waals surface area contributed by atoms with Crippen molar-refractivity contribution < 1.29 is 4.74 Å². The average molecular weight is 335 g/mol. The first-order valence-corrected chi connectivity index (χ1v) is 8.12. The summed E-state index contributed by atoms with van der Waals surface area (Å²) < 4.78 is 7.67. The Kier molecular flexibility index (Phi) is 5.47. The van der Waals surface area contributed by atoms with Gasteiger partial charge in [0.25, 0.3) is 5.56 Å². The molecule has 1 N–H and O–H groups in total. The van der Waals surface area contributed by atoms with Gasteiger partial charge in [-0.05, 0) is 13.3 Å². The van der Waals surface area contributed by atoms with Gasteiger partial charge >= 0.3 is 5.69 Å². The van der Waals surface area contributed by atoms with Crippen LogP contribution >= 0.6 is 0 Å². The molecule has 0 radical (unpaired) electrons. The quantitative estimate of drug-likeness (QED) is 0.806. The van der Waals surface area contributed by atoms with E-state index in [4.69, 9.17) is 4.74 Å². The second-order valence-corrected chi connectivity index (χ2v) is 6.34. The van der Waals surface area contributed by atoms with E-state index in [1.54, 1.807) is 7.05 Å². The molecule has 132 valence electrons. The number of anilines is 1. The van der Waals surface area contributed by atoms with Gasteiger partial charge in [-0.3, -0.25) is 18.8 Å². The van der Waals surface area contributed by atoms with E-state index in [0.29, 0.717) is 19.8 Å². The number of nitrogens with zero attached hydrogens (tertiary/aromatic N) is 4. The van der Waals surface area contributed by atoms with Crippen LogP contribution in [-0.4, -0.2) is 52.4 Å². The first kappa shape index (κ1) is 18.2. The summed E-state index contributed by atoms with van der Waals surface area (Å²) in [5.41, 5.74) is -1.23. The largest absolute Gasteiger partial charge is 0.379 e. The molecule has 2 rings (SSSR count). The summed E-state index contributed by atoms with van der Waals surface area (Å²) in [6.07, 6.45) is 0.890. The fraction of sp³-hybridized carbons (Fsp3) is 0.688. The van der Waals surface area contributed by atoms with E-state index in [9.17, 15) is 14.9 Å². The van der Waals surface area contributed by atoms with Crippen molar-refractivity contribution in [1.29, 1.82) is 5.26 Å². The summed E-state index contributed by atoms with van der Waals surface area (Å²) in [5.74, 6) is 0.276. The first-order chi connectivity index (χ1) is 11.4. The maximum atomic E-state index is 12.1. The van der Waals surface area contributed by atoms with E-state index < -0.39 is 11.2 Å². The molecule has 1 aliphatic heterocycles. The van der Waals surface area contributed by atoms with Crippen LogP contribution in [0.4, 0.5) is 5.82 Å². The van der Waals surface area contributed by atoms with Crippen LogP contribution in [0.5, 0.6) is 0 Å². The number of hydrogen-bond acceptors (Lipinski definition) is 6. The molecule has 0 amide bonds. The molecular formula is C16H25N5O3. The minimum Gasteiger partial charge on any atom is -0.379 e. The first-order valence-electron chi connectivity index (χ1n) is 8.12. The SMILES string of the molecule is CCC(C)(CNc1c(C#N)c(=O)n(C)c(=O)n1C)N1CCOCC1. The number of aromatic nitrogens is 2. The third-order valence-corrected chi connectivity index (χ3v) is 4.95. The van der Waals surface area contributed by atoms with Crippen molar-refractivity contribution in [2.75, 3.05) is 38.2 Å². The average Bonchev–Trinajstić information content (AvgIpc) is 2.62. The molecule has 1 unspecified atom stereocenters. The van der Waals surface area contributed by atoms with Crippen LogP contribution in [0.25, 0.3) is 0 Å². The molecule has 24 heavy (non-hydrogen) atoms. The summed E-state index contributed by atoms with van der Waals surface area (Å²) in [4.78, 5) is 26.6. The van der Waals surface area contributed by atoms with Gasteiger partial charge in [0.05, 0.1) is 13.2 Å². The highest BCUT2D eigenvalue weighted by atomic mass is 16.5. The Balaban J connectivity index is 2.33. The van der Waals surface area contributed by atoms with Crippen molar-refractivity contribution in [3.63, 3.8) is 0 Å².